The predicted molar refractivity (Wildman–Crippen MR) is 120 cm³/mol. The number of aromatic nitrogens is 5. The van der Waals surface area contributed by atoms with Crippen molar-refractivity contribution in [2.24, 2.45) is 0 Å². The van der Waals surface area contributed by atoms with E-state index in [-0.39, 0.29) is 12.6 Å². The summed E-state index contributed by atoms with van der Waals surface area (Å²) < 4.78 is 25.2. The van der Waals surface area contributed by atoms with Crippen LogP contribution in [0.4, 0.5) is 21.6 Å². The number of sulfone groups is 1. The first-order valence-corrected chi connectivity index (χ1v) is 12.5. The van der Waals surface area contributed by atoms with E-state index in [0.29, 0.717) is 41.1 Å². The molecule has 4 heterocycles. The lowest BCUT2D eigenvalue weighted by molar-refractivity contribution is 0.239. The number of amides is 2. The minimum atomic E-state index is -3.24. The molecule has 2 unspecified atom stereocenters. The van der Waals surface area contributed by atoms with Crippen LogP contribution in [0.2, 0.25) is 0 Å². The number of fused-ring (bicyclic) bond motifs is 1. The Labute approximate surface area is 188 Å². The first-order valence-electron chi connectivity index (χ1n) is 9.75. The van der Waals surface area contributed by atoms with E-state index in [9.17, 15) is 18.3 Å². The topological polar surface area (TPSA) is 164 Å². The fraction of sp³-hybridized carbons (Fsp3) is 0.389. The lowest BCUT2D eigenvalue weighted by atomic mass is 10.2. The summed E-state index contributed by atoms with van der Waals surface area (Å²) in [7, 11) is -3.24. The molecule has 0 fully saturated rings. The Bertz CT molecular complexity index is 1240. The number of aliphatic hydroxyl groups excluding tert-OH is 1. The number of carbonyl (C=O) groups excluding carboxylic acids is 1. The maximum atomic E-state index is 12.5. The molecule has 2 atom stereocenters. The highest BCUT2D eigenvalue weighted by Crippen LogP contribution is 2.33. The summed E-state index contributed by atoms with van der Waals surface area (Å²) in [5, 5.41) is 25.2. The monoisotopic (exact) mass is 478 g/mol. The molecule has 32 heavy (non-hydrogen) atoms. The number of aryl methyl sites for hydroxylation is 1. The van der Waals surface area contributed by atoms with E-state index in [1.54, 1.807) is 22.8 Å². The molecule has 12 nitrogen and oxygen atoms in total. The van der Waals surface area contributed by atoms with Gasteiger partial charge in [0.2, 0.25) is 0 Å². The van der Waals surface area contributed by atoms with Gasteiger partial charge >= 0.3 is 6.03 Å². The van der Waals surface area contributed by atoms with Crippen molar-refractivity contribution in [1.82, 2.24) is 24.7 Å². The average molecular weight is 479 g/mol. The van der Waals surface area contributed by atoms with Crippen LogP contribution in [0.25, 0.3) is 11.5 Å². The summed E-state index contributed by atoms with van der Waals surface area (Å²) >= 11 is 1.29. The molecule has 4 rings (SSSR count). The van der Waals surface area contributed by atoms with Gasteiger partial charge in [0.05, 0.1) is 17.5 Å². The van der Waals surface area contributed by atoms with Crippen LogP contribution in [0.1, 0.15) is 24.3 Å². The van der Waals surface area contributed by atoms with Crippen molar-refractivity contribution in [2.75, 3.05) is 28.8 Å². The van der Waals surface area contributed by atoms with Gasteiger partial charge in [-0.05, 0) is 31.9 Å². The second kappa shape index (κ2) is 8.80. The van der Waals surface area contributed by atoms with Crippen molar-refractivity contribution < 1.29 is 18.3 Å². The third-order valence-electron chi connectivity index (χ3n) is 4.90. The highest BCUT2D eigenvalue weighted by atomic mass is 32.2. The SMILES string of the molecule is CC(CO)n1cnnc1-c1cccc(NC(=O)Nc2nc3c(s2)CCC(S(C)(=O)=O)N3)n1. The van der Waals surface area contributed by atoms with Gasteiger partial charge in [-0.25, -0.2) is 23.2 Å². The average Bonchev–Trinajstić information content (AvgIpc) is 3.38. The van der Waals surface area contributed by atoms with E-state index in [2.05, 4.69) is 36.1 Å². The fourth-order valence-electron chi connectivity index (χ4n) is 3.21. The normalized spacial score (nSPS) is 16.7. The summed E-state index contributed by atoms with van der Waals surface area (Å²) in [5.74, 6) is 1.24. The molecular formula is C18H22N8O4S2. The fourth-order valence-corrected chi connectivity index (χ4v) is 5.01. The van der Waals surface area contributed by atoms with Crippen LogP contribution in [0, 0.1) is 0 Å². The minimum absolute atomic E-state index is 0.0804. The number of anilines is 3. The lowest BCUT2D eigenvalue weighted by Gasteiger charge is -2.21. The molecular weight excluding hydrogens is 456 g/mol. The van der Waals surface area contributed by atoms with Crippen LogP contribution in [-0.2, 0) is 16.3 Å². The third-order valence-corrected chi connectivity index (χ3v) is 7.32. The maximum absolute atomic E-state index is 12.5. The molecule has 3 aromatic rings. The standard InChI is InChI=1S/C18H22N8O4S2/c1-10(8-27)26-9-19-25-16(26)11-4-3-5-13(20-11)21-17(28)24-18-23-15-12(31-18)6-7-14(22-15)32(2,29)30/h3-5,9-10,14,22,27H,6-8H2,1-2H3,(H2,20,21,23,24,28). The molecule has 1 aliphatic rings. The van der Waals surface area contributed by atoms with E-state index in [1.165, 1.54) is 23.9 Å². The van der Waals surface area contributed by atoms with Crippen molar-refractivity contribution in [1.29, 1.82) is 0 Å². The zero-order chi connectivity index (χ0) is 22.9. The Morgan fingerprint density at radius 1 is 1.38 bits per heavy atom. The van der Waals surface area contributed by atoms with E-state index in [1.807, 2.05) is 6.92 Å². The van der Waals surface area contributed by atoms with Gasteiger partial charge in [0, 0.05) is 6.26 Å². The van der Waals surface area contributed by atoms with Crippen LogP contribution >= 0.6 is 11.3 Å². The Hall–Kier alpha value is -3.10. The van der Waals surface area contributed by atoms with Crippen molar-refractivity contribution in [2.45, 2.75) is 31.2 Å². The third kappa shape index (κ3) is 4.71. The van der Waals surface area contributed by atoms with Crippen LogP contribution in [0.5, 0.6) is 0 Å². The number of carbonyl (C=O) groups is 1. The number of urea groups is 1. The minimum Gasteiger partial charge on any atom is -0.394 e. The number of nitrogens with zero attached hydrogens (tertiary/aromatic N) is 5. The first-order chi connectivity index (χ1) is 15.2. The number of thiazole rings is 1. The Morgan fingerprint density at radius 2 is 2.19 bits per heavy atom. The summed E-state index contributed by atoms with van der Waals surface area (Å²) in [5.41, 5.74) is 0.487. The van der Waals surface area contributed by atoms with Crippen LogP contribution in [0.15, 0.2) is 24.5 Å². The summed E-state index contributed by atoms with van der Waals surface area (Å²) in [6.07, 6.45) is 3.72. The summed E-state index contributed by atoms with van der Waals surface area (Å²) in [6, 6.07) is 4.31. The largest absolute Gasteiger partial charge is 0.394 e. The summed E-state index contributed by atoms with van der Waals surface area (Å²) in [4.78, 5) is 22.0. The molecule has 0 aromatic carbocycles. The van der Waals surface area contributed by atoms with E-state index >= 15 is 0 Å². The van der Waals surface area contributed by atoms with Gasteiger partial charge in [-0.15, -0.1) is 10.2 Å². The zero-order valence-electron chi connectivity index (χ0n) is 17.3. The van der Waals surface area contributed by atoms with Gasteiger partial charge in [0.25, 0.3) is 0 Å². The van der Waals surface area contributed by atoms with E-state index in [0.717, 1.165) is 4.88 Å². The number of rotatable bonds is 6. The van der Waals surface area contributed by atoms with E-state index < -0.39 is 21.2 Å². The van der Waals surface area contributed by atoms with Gasteiger partial charge < -0.3 is 15.0 Å². The van der Waals surface area contributed by atoms with Crippen molar-refractivity contribution >= 4 is 44.0 Å². The molecule has 0 aliphatic carbocycles. The second-order valence-electron chi connectivity index (χ2n) is 7.37. The Kier molecular flexibility index (Phi) is 6.08. The Balaban J connectivity index is 1.45. The highest BCUT2D eigenvalue weighted by Gasteiger charge is 2.28. The molecule has 14 heteroatoms. The molecule has 0 spiro atoms. The molecule has 4 N–H and O–H groups in total. The smallest absolute Gasteiger partial charge is 0.326 e. The number of aliphatic hydroxyl groups is 1. The molecule has 1 aliphatic heterocycles. The summed E-state index contributed by atoms with van der Waals surface area (Å²) in [6.45, 7) is 1.74. The first kappa shape index (κ1) is 22.1. The number of hydrogen-bond donors (Lipinski definition) is 4. The van der Waals surface area contributed by atoms with Gasteiger partial charge in [-0.1, -0.05) is 17.4 Å². The maximum Gasteiger partial charge on any atom is 0.326 e. The number of pyridine rings is 1. The van der Waals surface area contributed by atoms with Crippen molar-refractivity contribution in [3.05, 3.63) is 29.4 Å². The molecule has 0 saturated heterocycles. The quantitative estimate of drug-likeness (QED) is 0.413. The molecule has 3 aromatic heterocycles. The Morgan fingerprint density at radius 3 is 2.94 bits per heavy atom. The lowest BCUT2D eigenvalue weighted by Crippen LogP contribution is -2.32. The molecule has 0 saturated carbocycles. The molecule has 2 amide bonds. The number of nitrogens with one attached hydrogen (secondary N) is 3. The predicted octanol–water partition coefficient (Wildman–Crippen LogP) is 1.72. The van der Waals surface area contributed by atoms with Gasteiger partial charge in [0.15, 0.2) is 20.8 Å². The van der Waals surface area contributed by atoms with Crippen LogP contribution in [0.3, 0.4) is 0 Å². The van der Waals surface area contributed by atoms with Crippen molar-refractivity contribution in [3.8, 4) is 11.5 Å². The van der Waals surface area contributed by atoms with Gasteiger partial charge in [0.1, 0.15) is 29.0 Å². The van der Waals surface area contributed by atoms with Crippen molar-refractivity contribution in [3.63, 3.8) is 0 Å². The molecule has 0 bridgehead atoms. The molecule has 170 valence electrons. The molecule has 0 radical (unpaired) electrons. The van der Waals surface area contributed by atoms with Crippen LogP contribution < -0.4 is 16.0 Å². The van der Waals surface area contributed by atoms with E-state index in [4.69, 9.17) is 0 Å². The van der Waals surface area contributed by atoms with Gasteiger partial charge in [-0.2, -0.15) is 0 Å². The van der Waals surface area contributed by atoms with Crippen LogP contribution in [-0.4, -0.2) is 62.5 Å². The number of hydrogen-bond acceptors (Lipinski definition) is 10. The zero-order valence-corrected chi connectivity index (χ0v) is 18.9. The van der Waals surface area contributed by atoms with Gasteiger partial charge in [-0.3, -0.25) is 10.6 Å². The highest BCUT2D eigenvalue weighted by molar-refractivity contribution is 7.91. The second-order valence-corrected chi connectivity index (χ2v) is 10.7.